The third-order valence-corrected chi connectivity index (χ3v) is 13.4. The van der Waals surface area contributed by atoms with Crippen molar-refractivity contribution in [1.82, 2.24) is 14.7 Å². The molecule has 5 unspecified atom stereocenters. The third-order valence-electron chi connectivity index (χ3n) is 13.4. The van der Waals surface area contributed by atoms with Crippen LogP contribution in [0.3, 0.4) is 0 Å². The van der Waals surface area contributed by atoms with E-state index < -0.39 is 5.72 Å². The molecule has 7 rings (SSSR count). The van der Waals surface area contributed by atoms with Gasteiger partial charge in [0.2, 0.25) is 0 Å². The monoisotopic (exact) mass is 531 g/mol. The van der Waals surface area contributed by atoms with Gasteiger partial charge >= 0.3 is 0 Å². The van der Waals surface area contributed by atoms with Crippen LogP contribution in [0.2, 0.25) is 0 Å². The van der Waals surface area contributed by atoms with Gasteiger partial charge in [-0.1, -0.05) is 13.8 Å². The van der Waals surface area contributed by atoms with Gasteiger partial charge in [0.1, 0.15) is 5.72 Å². The summed E-state index contributed by atoms with van der Waals surface area (Å²) in [7, 11) is 0. The fourth-order valence-corrected chi connectivity index (χ4v) is 11.3. The molecule has 38 heavy (non-hydrogen) atoms. The highest BCUT2D eigenvalue weighted by atomic mass is 16.5. The number of fused-ring (bicyclic) bond motifs is 5. The molecule has 0 aromatic carbocycles. The Balaban J connectivity index is 1.18. The molecular formula is C31H53N3O4. The van der Waals surface area contributed by atoms with Crippen LogP contribution in [-0.2, 0) is 9.47 Å². The Morgan fingerprint density at radius 3 is 2.13 bits per heavy atom. The van der Waals surface area contributed by atoms with Crippen LogP contribution in [-0.4, -0.2) is 115 Å². The van der Waals surface area contributed by atoms with E-state index in [-0.39, 0.29) is 23.0 Å². The molecule has 2 N–H and O–H groups in total. The van der Waals surface area contributed by atoms with Gasteiger partial charge in [-0.15, -0.1) is 0 Å². The van der Waals surface area contributed by atoms with Crippen molar-refractivity contribution in [3.63, 3.8) is 0 Å². The number of aliphatic hydroxyl groups is 2. The standard InChI is InChI=1S/C31H53N3O4/c1-29-8-7-24-23(25(29)19-26(28(29)35)32-9-3-4-10-32)6-5-22-20-31(36,34-13-17-38-18-14-34)27(21-30(22,24)2)33-11-15-37-16-12-33/h22-28,35-36H,3-21H2,1-2H3/t22?,23-,24-,25+,26?,27?,28?,29+,30+,31?/m1/s1. The summed E-state index contributed by atoms with van der Waals surface area (Å²) in [5.41, 5.74) is -0.446. The van der Waals surface area contributed by atoms with E-state index in [0.717, 1.165) is 71.4 Å². The molecule has 3 heterocycles. The van der Waals surface area contributed by atoms with Gasteiger partial charge in [0.25, 0.3) is 0 Å². The van der Waals surface area contributed by atoms with E-state index >= 15 is 0 Å². The van der Waals surface area contributed by atoms with E-state index in [0.29, 0.717) is 23.8 Å². The zero-order valence-electron chi connectivity index (χ0n) is 24.0. The van der Waals surface area contributed by atoms with Gasteiger partial charge in [-0.05, 0) is 105 Å². The molecule has 10 atom stereocenters. The molecule has 7 heteroatoms. The summed E-state index contributed by atoms with van der Waals surface area (Å²) in [6.45, 7) is 14.0. The lowest BCUT2D eigenvalue weighted by Crippen LogP contribution is -2.71. The summed E-state index contributed by atoms with van der Waals surface area (Å²) in [6.07, 6.45) is 10.5. The first-order valence-electron chi connectivity index (χ1n) is 16.1. The van der Waals surface area contributed by atoms with Gasteiger partial charge in [0.05, 0.1) is 38.6 Å². The fourth-order valence-electron chi connectivity index (χ4n) is 11.3. The quantitative estimate of drug-likeness (QED) is 0.581. The zero-order valence-corrected chi connectivity index (χ0v) is 24.0. The highest BCUT2D eigenvalue weighted by Gasteiger charge is 2.66. The van der Waals surface area contributed by atoms with Gasteiger partial charge < -0.3 is 19.7 Å². The molecule has 0 aromatic heterocycles. The Morgan fingerprint density at radius 1 is 0.737 bits per heavy atom. The van der Waals surface area contributed by atoms with Gasteiger partial charge in [0, 0.05) is 32.2 Å². The fraction of sp³-hybridized carbons (Fsp3) is 1.00. The minimum atomic E-state index is -0.772. The number of morpholine rings is 2. The van der Waals surface area contributed by atoms with Crippen LogP contribution in [0.1, 0.15) is 71.6 Å². The van der Waals surface area contributed by atoms with Crippen molar-refractivity contribution >= 4 is 0 Å². The largest absolute Gasteiger partial charge is 0.391 e. The average Bonchev–Trinajstić information content (AvgIpc) is 3.56. The van der Waals surface area contributed by atoms with E-state index in [2.05, 4.69) is 28.5 Å². The summed E-state index contributed by atoms with van der Waals surface area (Å²) in [5.74, 6) is 2.64. The molecule has 7 aliphatic rings. The first-order valence-corrected chi connectivity index (χ1v) is 16.1. The van der Waals surface area contributed by atoms with Crippen molar-refractivity contribution in [2.24, 2.45) is 34.5 Å². The second-order valence-corrected chi connectivity index (χ2v) is 14.7. The Morgan fingerprint density at radius 2 is 1.42 bits per heavy atom. The number of aliphatic hydroxyl groups excluding tert-OH is 1. The van der Waals surface area contributed by atoms with Gasteiger partial charge in [-0.25, -0.2) is 0 Å². The molecule has 216 valence electrons. The zero-order chi connectivity index (χ0) is 26.1. The highest BCUT2D eigenvalue weighted by Crippen LogP contribution is 2.67. The number of hydrogen-bond donors (Lipinski definition) is 2. The molecular weight excluding hydrogens is 478 g/mol. The smallest absolute Gasteiger partial charge is 0.134 e. The van der Waals surface area contributed by atoms with Gasteiger partial charge in [-0.2, -0.15) is 0 Å². The van der Waals surface area contributed by atoms with Crippen LogP contribution >= 0.6 is 0 Å². The van der Waals surface area contributed by atoms with Crippen molar-refractivity contribution in [2.45, 2.75) is 95.5 Å². The van der Waals surface area contributed by atoms with Crippen LogP contribution in [0.4, 0.5) is 0 Å². The van der Waals surface area contributed by atoms with Crippen molar-refractivity contribution in [3.05, 3.63) is 0 Å². The second-order valence-electron chi connectivity index (χ2n) is 14.7. The predicted molar refractivity (Wildman–Crippen MR) is 147 cm³/mol. The first kappa shape index (κ1) is 26.6. The molecule has 0 aromatic rings. The normalized spacial score (nSPS) is 52.9. The lowest BCUT2D eigenvalue weighted by atomic mass is 9.44. The lowest BCUT2D eigenvalue weighted by Gasteiger charge is -2.65. The first-order chi connectivity index (χ1) is 18.3. The van der Waals surface area contributed by atoms with Crippen molar-refractivity contribution < 1.29 is 19.7 Å². The predicted octanol–water partition coefficient (Wildman–Crippen LogP) is 2.80. The van der Waals surface area contributed by atoms with Crippen LogP contribution in [0.5, 0.6) is 0 Å². The van der Waals surface area contributed by atoms with Crippen LogP contribution in [0.15, 0.2) is 0 Å². The molecule has 0 spiro atoms. The van der Waals surface area contributed by atoms with Gasteiger partial charge in [0.15, 0.2) is 0 Å². The Kier molecular flexibility index (Phi) is 6.95. The molecule has 4 saturated carbocycles. The second kappa shape index (κ2) is 9.92. The molecule has 0 amide bonds. The summed E-state index contributed by atoms with van der Waals surface area (Å²) in [4.78, 5) is 7.60. The van der Waals surface area contributed by atoms with Crippen molar-refractivity contribution in [1.29, 1.82) is 0 Å². The topological polar surface area (TPSA) is 68.6 Å². The summed E-state index contributed by atoms with van der Waals surface area (Å²) < 4.78 is 11.5. The molecule has 7 fully saturated rings. The third kappa shape index (κ3) is 4.00. The summed E-state index contributed by atoms with van der Waals surface area (Å²) >= 11 is 0. The van der Waals surface area contributed by atoms with E-state index in [4.69, 9.17) is 9.47 Å². The van der Waals surface area contributed by atoms with Crippen LogP contribution < -0.4 is 0 Å². The Hall–Kier alpha value is -0.280. The maximum Gasteiger partial charge on any atom is 0.134 e. The van der Waals surface area contributed by atoms with Crippen molar-refractivity contribution in [3.8, 4) is 0 Å². The molecule has 7 nitrogen and oxygen atoms in total. The number of hydrogen-bond acceptors (Lipinski definition) is 7. The SMILES string of the molecule is C[C@]12CC(N3CCOCC3)C(O)(N3CCOCC3)CC1CC[C@@H]1[C@H]2CC[C@]2(C)C(O)C(N3CCCC3)C[C@@H]12. The average molecular weight is 532 g/mol. The number of likely N-dealkylation sites (tertiary alicyclic amines) is 1. The van der Waals surface area contributed by atoms with E-state index in [1.54, 1.807) is 0 Å². The summed E-state index contributed by atoms with van der Waals surface area (Å²) in [5, 5.41) is 24.3. The van der Waals surface area contributed by atoms with Crippen LogP contribution in [0.25, 0.3) is 0 Å². The molecule has 4 aliphatic carbocycles. The minimum Gasteiger partial charge on any atom is -0.391 e. The molecule has 0 radical (unpaired) electrons. The summed E-state index contributed by atoms with van der Waals surface area (Å²) in [6, 6.07) is 0.528. The van der Waals surface area contributed by atoms with Crippen LogP contribution in [0, 0.1) is 34.5 Å². The maximum atomic E-state index is 12.6. The van der Waals surface area contributed by atoms with E-state index in [1.165, 1.54) is 58.0 Å². The van der Waals surface area contributed by atoms with Crippen molar-refractivity contribution in [2.75, 3.05) is 65.7 Å². The van der Waals surface area contributed by atoms with E-state index in [9.17, 15) is 10.2 Å². The number of nitrogens with zero attached hydrogens (tertiary/aromatic N) is 3. The molecule has 0 bridgehead atoms. The Bertz CT molecular complexity index is 858. The lowest BCUT2D eigenvalue weighted by molar-refractivity contribution is -0.250. The highest BCUT2D eigenvalue weighted by molar-refractivity contribution is 5.16. The number of rotatable bonds is 3. The van der Waals surface area contributed by atoms with Gasteiger partial charge in [-0.3, -0.25) is 14.7 Å². The Labute approximate surface area is 230 Å². The maximum absolute atomic E-state index is 12.6. The van der Waals surface area contributed by atoms with E-state index in [1.807, 2.05) is 0 Å². The molecule has 3 saturated heterocycles. The molecule has 3 aliphatic heterocycles. The number of ether oxygens (including phenoxy) is 2. The minimum absolute atomic E-state index is 0.0738.